The van der Waals surface area contributed by atoms with Gasteiger partial charge in [0.15, 0.2) is 0 Å². The van der Waals surface area contributed by atoms with Gasteiger partial charge < -0.3 is 5.11 Å². The van der Waals surface area contributed by atoms with E-state index < -0.39 is 11.9 Å². The minimum atomic E-state index is -0.738. The topological polar surface area (TPSA) is 37.3 Å². The molecule has 0 bridgehead atoms. The van der Waals surface area contributed by atoms with Crippen LogP contribution in [0.15, 0.2) is 24.3 Å². The van der Waals surface area contributed by atoms with Gasteiger partial charge in [0.1, 0.15) is 0 Å². The molecule has 1 atom stereocenters. The number of carboxylic acid groups (broad SMARTS) is 1. The van der Waals surface area contributed by atoms with E-state index in [4.69, 9.17) is 5.11 Å². The predicted molar refractivity (Wildman–Crippen MR) is 61.0 cm³/mol. The highest BCUT2D eigenvalue weighted by Gasteiger charge is 2.23. The fraction of sp³-hybridized carbons (Fsp3) is 0.462. The average Bonchev–Trinajstić information content (AvgIpc) is 2.17. The van der Waals surface area contributed by atoms with E-state index in [1.165, 1.54) is 5.56 Å². The summed E-state index contributed by atoms with van der Waals surface area (Å²) in [4.78, 5) is 11.1. The lowest BCUT2D eigenvalue weighted by Crippen LogP contribution is -2.17. The molecule has 1 unspecified atom stereocenters. The summed E-state index contributed by atoms with van der Waals surface area (Å²) in [6.07, 6.45) is 0.943. The number of benzene rings is 1. The van der Waals surface area contributed by atoms with Crippen molar-refractivity contribution < 1.29 is 9.90 Å². The fourth-order valence-corrected chi connectivity index (χ4v) is 1.82. The van der Waals surface area contributed by atoms with Crippen molar-refractivity contribution in [1.82, 2.24) is 0 Å². The molecule has 2 nitrogen and oxygen atoms in total. The first-order valence-corrected chi connectivity index (χ1v) is 5.38. The first kappa shape index (κ1) is 11.8. The van der Waals surface area contributed by atoms with Gasteiger partial charge in [-0.2, -0.15) is 0 Å². The molecular formula is C13H18O2. The SMILES string of the molecule is CCc1cccc(C(C(=O)O)C(C)C)c1. The van der Waals surface area contributed by atoms with Crippen LogP contribution in [0.3, 0.4) is 0 Å². The Morgan fingerprint density at radius 3 is 2.53 bits per heavy atom. The van der Waals surface area contributed by atoms with Crippen LogP contribution in [0, 0.1) is 5.92 Å². The third-order valence-corrected chi connectivity index (χ3v) is 2.65. The predicted octanol–water partition coefficient (Wildman–Crippen LogP) is 3.07. The third-order valence-electron chi connectivity index (χ3n) is 2.65. The Morgan fingerprint density at radius 2 is 2.07 bits per heavy atom. The summed E-state index contributed by atoms with van der Waals surface area (Å²) in [5.41, 5.74) is 2.11. The highest BCUT2D eigenvalue weighted by molar-refractivity contribution is 5.76. The highest BCUT2D eigenvalue weighted by Crippen LogP contribution is 2.25. The number of hydrogen-bond acceptors (Lipinski definition) is 1. The molecule has 0 amide bonds. The number of carbonyl (C=O) groups is 1. The summed E-state index contributed by atoms with van der Waals surface area (Å²) in [7, 11) is 0. The number of hydrogen-bond donors (Lipinski definition) is 1. The van der Waals surface area contributed by atoms with E-state index in [0.29, 0.717) is 0 Å². The van der Waals surface area contributed by atoms with Crippen LogP contribution in [0.2, 0.25) is 0 Å². The van der Waals surface area contributed by atoms with Gasteiger partial charge in [0.25, 0.3) is 0 Å². The molecule has 0 saturated heterocycles. The van der Waals surface area contributed by atoms with Gasteiger partial charge in [0.05, 0.1) is 5.92 Å². The van der Waals surface area contributed by atoms with E-state index in [9.17, 15) is 4.79 Å². The molecule has 1 aromatic carbocycles. The Hall–Kier alpha value is -1.31. The molecule has 0 spiro atoms. The Balaban J connectivity index is 3.05. The van der Waals surface area contributed by atoms with E-state index >= 15 is 0 Å². The van der Waals surface area contributed by atoms with Crippen molar-refractivity contribution in [3.8, 4) is 0 Å². The Labute approximate surface area is 90.9 Å². The summed E-state index contributed by atoms with van der Waals surface area (Å²) in [6, 6.07) is 7.87. The summed E-state index contributed by atoms with van der Waals surface area (Å²) in [5.74, 6) is -1.01. The van der Waals surface area contributed by atoms with Gasteiger partial charge in [-0.15, -0.1) is 0 Å². The van der Waals surface area contributed by atoms with Crippen LogP contribution in [0.5, 0.6) is 0 Å². The van der Waals surface area contributed by atoms with Crippen LogP contribution in [0.4, 0.5) is 0 Å². The van der Waals surface area contributed by atoms with Crippen molar-refractivity contribution in [2.45, 2.75) is 33.1 Å². The molecule has 0 saturated carbocycles. The minimum Gasteiger partial charge on any atom is -0.481 e. The van der Waals surface area contributed by atoms with Crippen LogP contribution < -0.4 is 0 Å². The number of aryl methyl sites for hydroxylation is 1. The van der Waals surface area contributed by atoms with E-state index in [-0.39, 0.29) is 5.92 Å². The zero-order chi connectivity index (χ0) is 11.4. The van der Waals surface area contributed by atoms with Crippen LogP contribution in [0.1, 0.15) is 37.8 Å². The quantitative estimate of drug-likeness (QED) is 0.822. The van der Waals surface area contributed by atoms with Gasteiger partial charge in [-0.05, 0) is 23.5 Å². The second kappa shape index (κ2) is 4.96. The lowest BCUT2D eigenvalue weighted by Gasteiger charge is -2.17. The van der Waals surface area contributed by atoms with Crippen LogP contribution >= 0.6 is 0 Å². The summed E-state index contributed by atoms with van der Waals surface area (Å²) >= 11 is 0. The second-order valence-electron chi connectivity index (χ2n) is 4.16. The molecule has 0 fully saturated rings. The second-order valence-corrected chi connectivity index (χ2v) is 4.16. The molecule has 0 aliphatic carbocycles. The maximum Gasteiger partial charge on any atom is 0.311 e. The van der Waals surface area contributed by atoms with Crippen LogP contribution in [-0.4, -0.2) is 11.1 Å². The summed E-state index contributed by atoms with van der Waals surface area (Å²) < 4.78 is 0. The number of aliphatic carboxylic acids is 1. The Morgan fingerprint density at radius 1 is 1.40 bits per heavy atom. The van der Waals surface area contributed by atoms with Crippen molar-refractivity contribution in [2.75, 3.05) is 0 Å². The van der Waals surface area contributed by atoms with Crippen molar-refractivity contribution >= 4 is 5.97 Å². The maximum absolute atomic E-state index is 11.1. The molecular weight excluding hydrogens is 188 g/mol. The molecule has 0 heterocycles. The third kappa shape index (κ3) is 2.82. The lowest BCUT2D eigenvalue weighted by atomic mass is 9.87. The molecule has 0 aromatic heterocycles. The zero-order valence-corrected chi connectivity index (χ0v) is 9.53. The van der Waals surface area contributed by atoms with Gasteiger partial charge in [0.2, 0.25) is 0 Å². The van der Waals surface area contributed by atoms with E-state index in [2.05, 4.69) is 6.92 Å². The first-order valence-electron chi connectivity index (χ1n) is 5.38. The normalized spacial score (nSPS) is 12.8. The van der Waals surface area contributed by atoms with Crippen molar-refractivity contribution in [3.05, 3.63) is 35.4 Å². The van der Waals surface area contributed by atoms with Crippen molar-refractivity contribution in [3.63, 3.8) is 0 Å². The molecule has 1 aromatic rings. The van der Waals surface area contributed by atoms with Gasteiger partial charge >= 0.3 is 5.97 Å². The number of rotatable bonds is 4. The van der Waals surface area contributed by atoms with Crippen LogP contribution in [-0.2, 0) is 11.2 Å². The van der Waals surface area contributed by atoms with Crippen LogP contribution in [0.25, 0.3) is 0 Å². The number of carboxylic acids is 1. The average molecular weight is 206 g/mol. The zero-order valence-electron chi connectivity index (χ0n) is 9.53. The monoisotopic (exact) mass is 206 g/mol. The van der Waals surface area contributed by atoms with Gasteiger partial charge in [-0.3, -0.25) is 4.79 Å². The summed E-state index contributed by atoms with van der Waals surface area (Å²) in [6.45, 7) is 5.96. The van der Waals surface area contributed by atoms with Gasteiger partial charge in [-0.25, -0.2) is 0 Å². The Kier molecular flexibility index (Phi) is 3.89. The van der Waals surface area contributed by atoms with Gasteiger partial charge in [0, 0.05) is 0 Å². The molecule has 15 heavy (non-hydrogen) atoms. The largest absolute Gasteiger partial charge is 0.481 e. The van der Waals surface area contributed by atoms with E-state index in [1.807, 2.05) is 38.1 Å². The highest BCUT2D eigenvalue weighted by atomic mass is 16.4. The molecule has 0 radical (unpaired) electrons. The van der Waals surface area contributed by atoms with E-state index in [0.717, 1.165) is 12.0 Å². The fourth-order valence-electron chi connectivity index (χ4n) is 1.82. The van der Waals surface area contributed by atoms with E-state index in [1.54, 1.807) is 0 Å². The minimum absolute atomic E-state index is 0.120. The Bertz CT molecular complexity index is 342. The standard InChI is InChI=1S/C13H18O2/c1-4-10-6-5-7-11(8-10)12(9(2)3)13(14)15/h5-9,12H,4H2,1-3H3,(H,14,15). The molecule has 82 valence electrons. The first-order chi connectivity index (χ1) is 7.06. The smallest absolute Gasteiger partial charge is 0.311 e. The van der Waals surface area contributed by atoms with Crippen molar-refractivity contribution in [1.29, 1.82) is 0 Å². The molecule has 2 heteroatoms. The molecule has 1 rings (SSSR count). The van der Waals surface area contributed by atoms with Crippen molar-refractivity contribution in [2.24, 2.45) is 5.92 Å². The maximum atomic E-state index is 11.1. The molecule has 0 aliphatic rings. The van der Waals surface area contributed by atoms with Gasteiger partial charge in [-0.1, -0.05) is 45.0 Å². The lowest BCUT2D eigenvalue weighted by molar-refractivity contribution is -0.139. The molecule has 1 N–H and O–H groups in total. The molecule has 0 aliphatic heterocycles. The summed E-state index contributed by atoms with van der Waals surface area (Å²) in [5, 5.41) is 9.16.